The monoisotopic (exact) mass is 533 g/mol. The van der Waals surface area contributed by atoms with Crippen molar-refractivity contribution in [3.63, 3.8) is 0 Å². The number of ether oxygens (including phenoxy) is 1. The normalized spacial score (nSPS) is 19.5. The van der Waals surface area contributed by atoms with Crippen LogP contribution in [-0.4, -0.2) is 70.1 Å². The molecule has 6 atom stereocenters. The first-order chi connectivity index (χ1) is 17.9. The van der Waals surface area contributed by atoms with Crippen LogP contribution in [0.15, 0.2) is 24.3 Å². The summed E-state index contributed by atoms with van der Waals surface area (Å²) in [5, 5.41) is 21.4. The third kappa shape index (κ3) is 7.76. The number of rotatable bonds is 14. The average Bonchev–Trinajstić information content (AvgIpc) is 2.87. The highest BCUT2D eigenvalue weighted by Gasteiger charge is 2.38. The molecule has 0 radical (unpaired) electrons. The van der Waals surface area contributed by atoms with Gasteiger partial charge in [0.1, 0.15) is 41.2 Å². The highest BCUT2D eigenvalue weighted by molar-refractivity contribution is 5.92. The molecule has 1 aliphatic carbocycles. The number of carboxylic acid groups (broad SMARTS) is 2. The Morgan fingerprint density at radius 1 is 1.03 bits per heavy atom. The molecule has 1 aliphatic rings. The Kier molecular flexibility index (Phi) is 11.2. The molecule has 1 unspecified atom stereocenters. The molecule has 0 aromatic heterocycles. The van der Waals surface area contributed by atoms with Crippen LogP contribution in [0.25, 0.3) is 0 Å². The van der Waals surface area contributed by atoms with E-state index in [1.807, 2.05) is 0 Å². The van der Waals surface area contributed by atoms with Crippen LogP contribution >= 0.6 is 0 Å². The maximum Gasteiger partial charge on any atom is 0.329 e. The quantitative estimate of drug-likeness (QED) is 0.162. The largest absolute Gasteiger partial charge is 0.480 e. The number of ketones is 3. The van der Waals surface area contributed by atoms with Crippen molar-refractivity contribution in [3.8, 4) is 5.75 Å². The fourth-order valence-corrected chi connectivity index (χ4v) is 4.64. The third-order valence-electron chi connectivity index (χ3n) is 6.84. The van der Waals surface area contributed by atoms with Gasteiger partial charge in [0.2, 0.25) is 0 Å². The van der Waals surface area contributed by atoms with Gasteiger partial charge >= 0.3 is 17.9 Å². The molecule has 1 aromatic carbocycles. The molecule has 12 nitrogen and oxygen atoms in total. The number of aliphatic carboxylic acids is 2. The van der Waals surface area contributed by atoms with E-state index in [9.17, 15) is 39.0 Å². The van der Waals surface area contributed by atoms with E-state index in [4.69, 9.17) is 16.2 Å². The molecule has 0 saturated heterocycles. The zero-order chi connectivity index (χ0) is 28.6. The fourth-order valence-electron chi connectivity index (χ4n) is 4.64. The van der Waals surface area contributed by atoms with E-state index in [1.54, 1.807) is 6.92 Å². The Balaban J connectivity index is 2.26. The van der Waals surface area contributed by atoms with Crippen molar-refractivity contribution < 1.29 is 43.7 Å². The number of nitrogens with one attached hydrogen (secondary N) is 1. The SMILES string of the molecule is CCC(=O)[C@H](CN[C@H](C(=O)Oc1ccc([C@H](C(C)=O)C(N)C(=O)O)cc1)[C@@H]1CCCCC1=O)[C@H](N)C(=O)O. The molecule has 0 spiro atoms. The van der Waals surface area contributed by atoms with Crippen molar-refractivity contribution in [1.29, 1.82) is 0 Å². The molecular weight excluding hydrogens is 498 g/mol. The molecule has 0 heterocycles. The van der Waals surface area contributed by atoms with Crippen molar-refractivity contribution in [2.45, 2.75) is 70.0 Å². The van der Waals surface area contributed by atoms with Crippen LogP contribution in [0.4, 0.5) is 0 Å². The lowest BCUT2D eigenvalue weighted by atomic mass is 9.82. The van der Waals surface area contributed by atoms with Crippen LogP contribution in [0, 0.1) is 11.8 Å². The maximum atomic E-state index is 13.2. The smallest absolute Gasteiger partial charge is 0.329 e. The molecule has 12 heteroatoms. The predicted octanol–water partition coefficient (Wildman–Crippen LogP) is 0.401. The van der Waals surface area contributed by atoms with Crippen LogP contribution in [0.1, 0.15) is 57.4 Å². The van der Waals surface area contributed by atoms with Crippen LogP contribution in [0.3, 0.4) is 0 Å². The zero-order valence-corrected chi connectivity index (χ0v) is 21.4. The number of hydrogen-bond donors (Lipinski definition) is 5. The van der Waals surface area contributed by atoms with Gasteiger partial charge in [-0.2, -0.15) is 0 Å². The number of nitrogens with two attached hydrogens (primary N) is 2. The van der Waals surface area contributed by atoms with Crippen molar-refractivity contribution >= 4 is 35.3 Å². The standard InChI is InChI=1S/C26H35N3O9/c1-3-18(31)17(21(27)24(33)34)12-29-23(16-6-4-5-7-19(16)32)26(37)38-15-10-8-14(9-11-15)20(13(2)30)22(28)25(35)36/h8-11,16-17,20-23,29H,3-7,12,27-28H2,1-2H3,(H,33,34)(H,35,36)/t16-,17+,20+,21+,22?,23+/m1/s1. The summed E-state index contributed by atoms with van der Waals surface area (Å²) >= 11 is 0. The van der Waals surface area contributed by atoms with Crippen LogP contribution in [0.5, 0.6) is 5.75 Å². The summed E-state index contributed by atoms with van der Waals surface area (Å²) < 4.78 is 5.49. The van der Waals surface area contributed by atoms with E-state index < -0.39 is 65.4 Å². The van der Waals surface area contributed by atoms with Crippen molar-refractivity contribution in [1.82, 2.24) is 5.32 Å². The zero-order valence-electron chi connectivity index (χ0n) is 21.4. The van der Waals surface area contributed by atoms with E-state index in [0.29, 0.717) is 24.8 Å². The Morgan fingerprint density at radius 2 is 1.63 bits per heavy atom. The highest BCUT2D eigenvalue weighted by Crippen LogP contribution is 2.27. The second-order valence-corrected chi connectivity index (χ2v) is 9.44. The number of esters is 1. The van der Waals surface area contributed by atoms with Gasteiger partial charge in [-0.05, 0) is 37.5 Å². The summed E-state index contributed by atoms with van der Waals surface area (Å²) in [5.41, 5.74) is 11.7. The minimum atomic E-state index is -1.49. The average molecular weight is 534 g/mol. The minimum absolute atomic E-state index is 0.0456. The van der Waals surface area contributed by atoms with E-state index in [-0.39, 0.29) is 30.9 Å². The first-order valence-electron chi connectivity index (χ1n) is 12.5. The number of carboxylic acids is 2. The van der Waals surface area contributed by atoms with Gasteiger partial charge in [-0.1, -0.05) is 25.5 Å². The molecule has 0 amide bonds. The topological polar surface area (TPSA) is 216 Å². The lowest BCUT2D eigenvalue weighted by Gasteiger charge is -2.30. The van der Waals surface area contributed by atoms with E-state index in [1.165, 1.54) is 31.2 Å². The predicted molar refractivity (Wildman–Crippen MR) is 134 cm³/mol. The molecule has 0 aliphatic heterocycles. The summed E-state index contributed by atoms with van der Waals surface area (Å²) in [4.78, 5) is 72.9. The summed E-state index contributed by atoms with van der Waals surface area (Å²) in [6.45, 7) is 2.56. The van der Waals surface area contributed by atoms with Gasteiger partial charge in [0.05, 0.1) is 11.8 Å². The molecule has 0 bridgehead atoms. The molecule has 2 rings (SSSR count). The Hall–Kier alpha value is -3.48. The molecule has 1 saturated carbocycles. The fraction of sp³-hybridized carbons (Fsp3) is 0.538. The Bertz CT molecular complexity index is 1060. The van der Waals surface area contributed by atoms with Gasteiger partial charge < -0.3 is 31.7 Å². The van der Waals surface area contributed by atoms with Gasteiger partial charge in [-0.25, -0.2) is 4.79 Å². The van der Waals surface area contributed by atoms with Gasteiger partial charge in [0.15, 0.2) is 0 Å². The van der Waals surface area contributed by atoms with Gasteiger partial charge in [-0.15, -0.1) is 0 Å². The second-order valence-electron chi connectivity index (χ2n) is 9.44. The molecule has 1 fully saturated rings. The van der Waals surface area contributed by atoms with Crippen molar-refractivity contribution in [2.75, 3.05) is 6.54 Å². The summed E-state index contributed by atoms with van der Waals surface area (Å²) in [7, 11) is 0. The number of carbonyl (C=O) groups excluding carboxylic acids is 4. The van der Waals surface area contributed by atoms with Crippen molar-refractivity contribution in [2.24, 2.45) is 23.3 Å². The number of benzene rings is 1. The van der Waals surface area contributed by atoms with Gasteiger partial charge in [0.25, 0.3) is 0 Å². The Morgan fingerprint density at radius 3 is 2.13 bits per heavy atom. The maximum absolute atomic E-state index is 13.2. The van der Waals surface area contributed by atoms with Crippen LogP contribution in [0.2, 0.25) is 0 Å². The Labute approximate surface area is 220 Å². The molecule has 208 valence electrons. The van der Waals surface area contributed by atoms with Crippen LogP contribution in [-0.2, 0) is 28.8 Å². The lowest BCUT2D eigenvalue weighted by molar-refractivity contribution is -0.144. The van der Waals surface area contributed by atoms with E-state index in [2.05, 4.69) is 5.32 Å². The number of hydrogen-bond acceptors (Lipinski definition) is 10. The number of Topliss-reactive ketones (excluding diaryl/α,β-unsaturated/α-hetero) is 3. The molecule has 7 N–H and O–H groups in total. The lowest BCUT2D eigenvalue weighted by Crippen LogP contribution is -2.54. The second kappa shape index (κ2) is 13.9. The van der Waals surface area contributed by atoms with Gasteiger partial charge in [0, 0.05) is 25.3 Å². The van der Waals surface area contributed by atoms with Gasteiger partial charge in [-0.3, -0.25) is 24.0 Å². The summed E-state index contributed by atoms with van der Waals surface area (Å²) in [6.07, 6.45) is 2.14. The first kappa shape index (κ1) is 30.7. The highest BCUT2D eigenvalue weighted by atomic mass is 16.5. The molecular formula is C26H35N3O9. The van der Waals surface area contributed by atoms with E-state index >= 15 is 0 Å². The number of carbonyl (C=O) groups is 6. The first-order valence-corrected chi connectivity index (χ1v) is 12.5. The third-order valence-corrected chi connectivity index (χ3v) is 6.84. The van der Waals surface area contributed by atoms with E-state index in [0.717, 1.165) is 0 Å². The molecule has 1 aromatic rings. The summed E-state index contributed by atoms with van der Waals surface area (Å²) in [6, 6.07) is 1.50. The summed E-state index contributed by atoms with van der Waals surface area (Å²) in [5.74, 6) is -7.37. The van der Waals surface area contributed by atoms with Crippen molar-refractivity contribution in [3.05, 3.63) is 29.8 Å². The molecule has 38 heavy (non-hydrogen) atoms. The van der Waals surface area contributed by atoms with Crippen LogP contribution < -0.4 is 21.5 Å². The minimum Gasteiger partial charge on any atom is -0.480 e.